The quantitative estimate of drug-likeness (QED) is 0.898. The number of aromatic nitrogens is 3. The zero-order valence-electron chi connectivity index (χ0n) is 10.1. The van der Waals surface area contributed by atoms with Gasteiger partial charge in [-0.2, -0.15) is 4.98 Å². The Bertz CT molecular complexity index is 493. The summed E-state index contributed by atoms with van der Waals surface area (Å²) in [5.41, 5.74) is 6.30. The molecule has 6 heteroatoms. The van der Waals surface area contributed by atoms with E-state index < -0.39 is 0 Å². The maximum atomic E-state index is 5.77. The minimum Gasteiger partial charge on any atom is -0.339 e. The zero-order valence-corrected chi connectivity index (χ0v) is 10.9. The molecule has 2 aromatic heterocycles. The Hall–Kier alpha value is -1.46. The number of nitrogens with zero attached hydrogens (tertiary/aromatic N) is 3. The summed E-state index contributed by atoms with van der Waals surface area (Å²) in [4.78, 5) is 8.45. The van der Waals surface area contributed by atoms with Crippen molar-refractivity contribution in [2.45, 2.75) is 19.8 Å². The lowest BCUT2D eigenvalue weighted by atomic mass is 10.0. The lowest BCUT2D eigenvalue weighted by Crippen LogP contribution is -2.15. The molecule has 0 amide bonds. The van der Waals surface area contributed by atoms with Gasteiger partial charge in [0.15, 0.2) is 0 Å². The molecule has 0 saturated heterocycles. The van der Waals surface area contributed by atoms with Gasteiger partial charge in [-0.3, -0.25) is 4.98 Å². The maximum Gasteiger partial charge on any atom is 0.227 e. The average Bonchev–Trinajstić information content (AvgIpc) is 2.85. The molecule has 1 atom stereocenters. The highest BCUT2D eigenvalue weighted by molar-refractivity contribution is 6.30. The minimum atomic E-state index is 0.372. The number of hydrogen-bond acceptors (Lipinski definition) is 5. The number of rotatable bonds is 5. The summed E-state index contributed by atoms with van der Waals surface area (Å²) < 4.78 is 5.19. The Morgan fingerprint density at radius 2 is 2.28 bits per heavy atom. The van der Waals surface area contributed by atoms with Gasteiger partial charge >= 0.3 is 0 Å². The van der Waals surface area contributed by atoms with Crippen molar-refractivity contribution in [1.29, 1.82) is 0 Å². The van der Waals surface area contributed by atoms with Crippen LogP contribution in [0.1, 0.15) is 19.2 Å². The summed E-state index contributed by atoms with van der Waals surface area (Å²) in [6, 6.07) is 3.51. The second kappa shape index (κ2) is 5.93. The Labute approximate surface area is 110 Å². The zero-order chi connectivity index (χ0) is 13.0. The molecule has 0 bridgehead atoms. The van der Waals surface area contributed by atoms with Gasteiger partial charge in [0.25, 0.3) is 0 Å². The van der Waals surface area contributed by atoms with Crippen molar-refractivity contribution in [2.24, 2.45) is 11.7 Å². The predicted octanol–water partition coefficient (Wildman–Crippen LogP) is 2.31. The Morgan fingerprint density at radius 1 is 1.44 bits per heavy atom. The smallest absolute Gasteiger partial charge is 0.227 e. The molecule has 1 unspecified atom stereocenters. The van der Waals surface area contributed by atoms with E-state index in [1.807, 2.05) is 0 Å². The van der Waals surface area contributed by atoms with Crippen LogP contribution in [0, 0.1) is 5.92 Å². The van der Waals surface area contributed by atoms with Gasteiger partial charge in [0.2, 0.25) is 11.7 Å². The molecule has 2 heterocycles. The molecule has 2 N–H and O–H groups in total. The fourth-order valence-electron chi connectivity index (χ4n) is 1.59. The molecule has 2 aromatic rings. The first-order valence-electron chi connectivity index (χ1n) is 5.87. The van der Waals surface area contributed by atoms with Gasteiger partial charge in [-0.05, 0) is 24.6 Å². The van der Waals surface area contributed by atoms with Crippen molar-refractivity contribution < 1.29 is 4.52 Å². The molecule has 0 aromatic carbocycles. The monoisotopic (exact) mass is 266 g/mol. The number of hydrogen-bond donors (Lipinski definition) is 1. The first kappa shape index (κ1) is 13.0. The van der Waals surface area contributed by atoms with E-state index in [1.165, 1.54) is 0 Å². The first-order valence-corrected chi connectivity index (χ1v) is 6.25. The van der Waals surface area contributed by atoms with Gasteiger partial charge in [-0.25, -0.2) is 0 Å². The van der Waals surface area contributed by atoms with Gasteiger partial charge in [-0.1, -0.05) is 30.1 Å². The molecule has 0 radical (unpaired) electrons. The summed E-state index contributed by atoms with van der Waals surface area (Å²) in [5.74, 6) is 1.45. The minimum absolute atomic E-state index is 0.372. The van der Waals surface area contributed by atoms with Crippen molar-refractivity contribution in [3.63, 3.8) is 0 Å². The number of pyridine rings is 1. The fourth-order valence-corrected chi connectivity index (χ4v) is 1.70. The summed E-state index contributed by atoms with van der Waals surface area (Å²) >= 11 is 5.77. The van der Waals surface area contributed by atoms with E-state index in [0.29, 0.717) is 41.3 Å². The first-order chi connectivity index (χ1) is 8.72. The average molecular weight is 267 g/mol. The molecule has 2 rings (SSSR count). The van der Waals surface area contributed by atoms with Crippen LogP contribution in [0.25, 0.3) is 11.5 Å². The van der Waals surface area contributed by atoms with E-state index in [1.54, 1.807) is 18.3 Å². The van der Waals surface area contributed by atoms with Crippen molar-refractivity contribution in [3.8, 4) is 11.5 Å². The molecule has 0 spiro atoms. The van der Waals surface area contributed by atoms with Crippen LogP contribution in [-0.4, -0.2) is 21.7 Å². The third-order valence-corrected chi connectivity index (χ3v) is 3.02. The molecule has 0 saturated carbocycles. The van der Waals surface area contributed by atoms with Crippen LogP contribution in [0.3, 0.4) is 0 Å². The molecule has 5 nitrogen and oxygen atoms in total. The van der Waals surface area contributed by atoms with E-state index in [0.717, 1.165) is 6.42 Å². The summed E-state index contributed by atoms with van der Waals surface area (Å²) in [6.45, 7) is 2.71. The molecular formula is C12H15ClN4O. The predicted molar refractivity (Wildman–Crippen MR) is 69.1 cm³/mol. The number of nitrogens with two attached hydrogens (primary N) is 1. The summed E-state index contributed by atoms with van der Waals surface area (Å²) in [5, 5.41) is 4.49. The van der Waals surface area contributed by atoms with Crippen LogP contribution < -0.4 is 5.73 Å². The highest BCUT2D eigenvalue weighted by Crippen LogP contribution is 2.17. The molecule has 0 fully saturated rings. The van der Waals surface area contributed by atoms with Crippen molar-refractivity contribution in [1.82, 2.24) is 15.1 Å². The van der Waals surface area contributed by atoms with Gasteiger partial charge < -0.3 is 10.3 Å². The Morgan fingerprint density at radius 3 is 2.89 bits per heavy atom. The van der Waals surface area contributed by atoms with Gasteiger partial charge in [-0.15, -0.1) is 0 Å². The third kappa shape index (κ3) is 3.05. The van der Waals surface area contributed by atoms with Crippen molar-refractivity contribution >= 4 is 11.6 Å². The Balaban J connectivity index is 2.12. The topological polar surface area (TPSA) is 77.8 Å². The standard InChI is InChI=1S/C12H15ClN4O/c1-2-8(6-14)5-11-16-12(17-18-11)10-4-3-9(13)7-15-10/h3-4,7-8H,2,5-6,14H2,1H3. The highest BCUT2D eigenvalue weighted by atomic mass is 35.5. The van der Waals surface area contributed by atoms with Gasteiger partial charge in [0.05, 0.1) is 5.02 Å². The second-order valence-corrected chi connectivity index (χ2v) is 4.52. The van der Waals surface area contributed by atoms with Crippen molar-refractivity contribution in [3.05, 3.63) is 29.2 Å². The molecule has 0 aliphatic rings. The molecule has 18 heavy (non-hydrogen) atoms. The lowest BCUT2D eigenvalue weighted by Gasteiger charge is -2.07. The van der Waals surface area contributed by atoms with E-state index in [9.17, 15) is 0 Å². The number of halogens is 1. The SMILES string of the molecule is CCC(CN)Cc1nc(-c2ccc(Cl)cn2)no1. The van der Waals surface area contributed by atoms with E-state index >= 15 is 0 Å². The molecule has 0 aliphatic heterocycles. The summed E-state index contributed by atoms with van der Waals surface area (Å²) in [6.07, 6.45) is 3.25. The molecule has 0 aliphatic carbocycles. The Kier molecular flexibility index (Phi) is 4.28. The highest BCUT2D eigenvalue weighted by Gasteiger charge is 2.13. The molecule has 96 valence electrons. The van der Waals surface area contributed by atoms with E-state index in [2.05, 4.69) is 22.0 Å². The van der Waals surface area contributed by atoms with Crippen LogP contribution in [0.2, 0.25) is 5.02 Å². The van der Waals surface area contributed by atoms with Crippen LogP contribution in [0.4, 0.5) is 0 Å². The summed E-state index contributed by atoms with van der Waals surface area (Å²) in [7, 11) is 0. The largest absolute Gasteiger partial charge is 0.339 e. The second-order valence-electron chi connectivity index (χ2n) is 4.09. The van der Waals surface area contributed by atoms with Crippen LogP contribution in [0.5, 0.6) is 0 Å². The van der Waals surface area contributed by atoms with E-state index in [-0.39, 0.29) is 0 Å². The van der Waals surface area contributed by atoms with E-state index in [4.69, 9.17) is 21.9 Å². The lowest BCUT2D eigenvalue weighted by molar-refractivity contribution is 0.350. The normalized spacial score (nSPS) is 12.6. The van der Waals surface area contributed by atoms with Crippen LogP contribution in [0.15, 0.2) is 22.9 Å². The van der Waals surface area contributed by atoms with Crippen LogP contribution in [-0.2, 0) is 6.42 Å². The van der Waals surface area contributed by atoms with Crippen molar-refractivity contribution in [2.75, 3.05) is 6.54 Å². The van der Waals surface area contributed by atoms with Crippen LogP contribution >= 0.6 is 11.6 Å². The fraction of sp³-hybridized carbons (Fsp3) is 0.417. The van der Waals surface area contributed by atoms with Gasteiger partial charge in [0, 0.05) is 12.6 Å². The van der Waals surface area contributed by atoms with Gasteiger partial charge in [0.1, 0.15) is 5.69 Å². The maximum absolute atomic E-state index is 5.77. The molecular weight excluding hydrogens is 252 g/mol. The third-order valence-electron chi connectivity index (χ3n) is 2.80.